The Labute approximate surface area is 79.5 Å². The van der Waals surface area contributed by atoms with E-state index in [0.717, 1.165) is 0 Å². The van der Waals surface area contributed by atoms with E-state index in [-0.39, 0.29) is 0 Å². The van der Waals surface area contributed by atoms with Crippen LogP contribution in [-0.2, 0) is 14.3 Å². The Bertz CT molecular complexity index is 200. The van der Waals surface area contributed by atoms with Gasteiger partial charge >= 0.3 is 11.9 Å². The lowest BCUT2D eigenvalue weighted by atomic mass is 10.1. The van der Waals surface area contributed by atoms with Gasteiger partial charge in [-0.2, -0.15) is 0 Å². The molecule has 0 unspecified atom stereocenters. The van der Waals surface area contributed by atoms with Gasteiger partial charge in [-0.05, 0) is 0 Å². The molecule has 0 aromatic carbocycles. The van der Waals surface area contributed by atoms with Crippen molar-refractivity contribution in [3.63, 3.8) is 0 Å². The zero-order valence-electron chi connectivity index (χ0n) is 7.34. The molecule has 0 aliphatic carbocycles. The van der Waals surface area contributed by atoms with Gasteiger partial charge in [0, 0.05) is 0 Å². The molecule has 0 fully saturated rings. The van der Waals surface area contributed by atoms with Gasteiger partial charge in [0.2, 0.25) is 0 Å². The molecule has 4 N–H and O–H groups in total. The number of carboxylic acids is 1. The Morgan fingerprint density at radius 3 is 1.79 bits per heavy atom. The maximum atomic E-state index is 10.8. The number of rotatable bonds is 6. The third-order valence-electron chi connectivity index (χ3n) is 1.49. The zero-order valence-corrected chi connectivity index (χ0v) is 7.34. The molecule has 0 aliphatic rings. The average Bonchev–Trinajstić information content (AvgIpc) is 2.13. The predicted octanol–water partition coefficient (Wildman–Crippen LogP) is -2.28. The summed E-state index contributed by atoms with van der Waals surface area (Å²) < 4.78 is 4.43. The first-order valence-corrected chi connectivity index (χ1v) is 3.76. The lowest BCUT2D eigenvalue weighted by Gasteiger charge is -2.26. The van der Waals surface area contributed by atoms with E-state index in [1.54, 1.807) is 0 Å². The number of carbonyl (C=O) groups excluding carboxylic acids is 1. The van der Waals surface area contributed by atoms with E-state index in [4.69, 9.17) is 20.4 Å². The van der Waals surface area contributed by atoms with Crippen LogP contribution in [0.1, 0.15) is 6.42 Å². The Hall–Kier alpha value is -1.18. The second-order valence-electron chi connectivity index (χ2n) is 2.70. The van der Waals surface area contributed by atoms with E-state index in [1.807, 2.05) is 0 Å². The van der Waals surface area contributed by atoms with Gasteiger partial charge in [-0.1, -0.05) is 0 Å². The highest BCUT2D eigenvalue weighted by molar-refractivity contribution is 5.90. The minimum absolute atomic E-state index is 0.786. The predicted molar refractivity (Wildman–Crippen MR) is 42.3 cm³/mol. The van der Waals surface area contributed by atoms with Crippen LogP contribution in [0.25, 0.3) is 0 Å². The van der Waals surface area contributed by atoms with Crippen LogP contribution < -0.4 is 0 Å². The Kier molecular flexibility index (Phi) is 5.06. The molecule has 14 heavy (non-hydrogen) atoms. The van der Waals surface area contributed by atoms with Crippen molar-refractivity contribution in [2.24, 2.45) is 0 Å². The van der Waals surface area contributed by atoms with Crippen LogP contribution >= 0.6 is 0 Å². The molecule has 7 nitrogen and oxygen atoms in total. The lowest BCUT2D eigenvalue weighted by molar-refractivity contribution is -0.178. The van der Waals surface area contributed by atoms with E-state index >= 15 is 0 Å². The summed E-state index contributed by atoms with van der Waals surface area (Å²) >= 11 is 0. The van der Waals surface area contributed by atoms with Gasteiger partial charge < -0.3 is 25.2 Å². The van der Waals surface area contributed by atoms with Gasteiger partial charge in [0.15, 0.2) is 5.60 Å². The summed E-state index contributed by atoms with van der Waals surface area (Å²) in [6.07, 6.45) is -0.887. The van der Waals surface area contributed by atoms with E-state index in [1.165, 1.54) is 0 Å². The van der Waals surface area contributed by atoms with E-state index in [0.29, 0.717) is 0 Å². The number of carbonyl (C=O) groups is 2. The Morgan fingerprint density at radius 1 is 1.07 bits per heavy atom. The molecule has 0 spiro atoms. The van der Waals surface area contributed by atoms with Crippen molar-refractivity contribution >= 4 is 11.9 Å². The monoisotopic (exact) mass is 208 g/mol. The normalized spacial score (nSPS) is 11.1. The largest absolute Gasteiger partial charge is 0.481 e. The summed E-state index contributed by atoms with van der Waals surface area (Å²) in [6.45, 7) is -2.36. The smallest absolute Gasteiger partial charge is 0.317 e. The van der Waals surface area contributed by atoms with E-state index in [9.17, 15) is 9.59 Å². The van der Waals surface area contributed by atoms with Crippen LogP contribution in [0.3, 0.4) is 0 Å². The highest BCUT2D eigenvalue weighted by Gasteiger charge is 2.33. The standard InChI is InChI=1S/C7H12O7/c8-2-7(3-9,4-10)14-6(13)1-5(11)12/h8-10H,1-4H2,(H,11,12). The average molecular weight is 208 g/mol. The highest BCUT2D eigenvalue weighted by Crippen LogP contribution is 2.09. The number of ether oxygens (including phenoxy) is 1. The fourth-order valence-electron chi connectivity index (χ4n) is 0.648. The van der Waals surface area contributed by atoms with Crippen molar-refractivity contribution in [2.75, 3.05) is 19.8 Å². The third kappa shape index (κ3) is 3.69. The first kappa shape index (κ1) is 12.8. The molecule has 0 aromatic heterocycles. The Balaban J connectivity index is 4.29. The van der Waals surface area contributed by atoms with Gasteiger partial charge in [-0.15, -0.1) is 0 Å². The summed E-state index contributed by atoms with van der Waals surface area (Å²) in [4.78, 5) is 20.9. The number of carboxylic acid groups (broad SMARTS) is 1. The van der Waals surface area contributed by atoms with Gasteiger partial charge in [0.05, 0.1) is 19.8 Å². The zero-order chi connectivity index (χ0) is 11.2. The minimum Gasteiger partial charge on any atom is -0.481 e. The molecule has 0 atom stereocenters. The highest BCUT2D eigenvalue weighted by atomic mass is 16.6. The molecule has 0 saturated heterocycles. The maximum Gasteiger partial charge on any atom is 0.317 e. The number of aliphatic hydroxyl groups excluding tert-OH is 3. The van der Waals surface area contributed by atoms with E-state index < -0.39 is 43.8 Å². The molecule has 0 bridgehead atoms. The summed E-state index contributed by atoms with van der Waals surface area (Å²) in [7, 11) is 0. The number of aliphatic hydroxyl groups is 3. The molecule has 0 heterocycles. The summed E-state index contributed by atoms with van der Waals surface area (Å²) in [5, 5.41) is 34.4. The third-order valence-corrected chi connectivity index (χ3v) is 1.49. The van der Waals surface area contributed by atoms with Gasteiger partial charge in [-0.25, -0.2) is 0 Å². The molecular formula is C7H12O7. The van der Waals surface area contributed by atoms with Crippen LogP contribution in [-0.4, -0.2) is 57.8 Å². The second-order valence-corrected chi connectivity index (χ2v) is 2.70. The fourth-order valence-corrected chi connectivity index (χ4v) is 0.648. The van der Waals surface area contributed by atoms with Gasteiger partial charge in [0.25, 0.3) is 0 Å². The van der Waals surface area contributed by atoms with E-state index in [2.05, 4.69) is 4.74 Å². The van der Waals surface area contributed by atoms with Gasteiger partial charge in [0.1, 0.15) is 6.42 Å². The van der Waals surface area contributed by atoms with Crippen molar-refractivity contribution in [1.29, 1.82) is 0 Å². The SMILES string of the molecule is O=C(O)CC(=O)OC(CO)(CO)CO. The molecule has 0 amide bonds. The summed E-state index contributed by atoms with van der Waals surface area (Å²) in [5.74, 6) is -2.52. The number of hydrogen-bond donors (Lipinski definition) is 4. The topological polar surface area (TPSA) is 124 Å². The maximum absolute atomic E-state index is 10.8. The van der Waals surface area contributed by atoms with Crippen molar-refractivity contribution in [2.45, 2.75) is 12.0 Å². The number of aliphatic carboxylic acids is 1. The molecule has 0 radical (unpaired) electrons. The number of hydrogen-bond acceptors (Lipinski definition) is 6. The van der Waals surface area contributed by atoms with Crippen LogP contribution in [0.4, 0.5) is 0 Å². The van der Waals surface area contributed by atoms with Crippen molar-refractivity contribution in [1.82, 2.24) is 0 Å². The molecule has 0 saturated carbocycles. The van der Waals surface area contributed by atoms with Gasteiger partial charge in [-0.3, -0.25) is 9.59 Å². The van der Waals surface area contributed by atoms with Crippen LogP contribution in [0.15, 0.2) is 0 Å². The van der Waals surface area contributed by atoms with Crippen LogP contribution in [0.2, 0.25) is 0 Å². The second kappa shape index (κ2) is 5.53. The molecule has 82 valence electrons. The minimum atomic E-state index is -1.81. The summed E-state index contributed by atoms with van der Waals surface area (Å²) in [6, 6.07) is 0. The van der Waals surface area contributed by atoms with Crippen molar-refractivity contribution in [3.8, 4) is 0 Å². The summed E-state index contributed by atoms with van der Waals surface area (Å²) in [5.41, 5.74) is -1.81. The number of esters is 1. The molecular weight excluding hydrogens is 196 g/mol. The molecule has 0 aliphatic heterocycles. The van der Waals surface area contributed by atoms with Crippen molar-refractivity contribution in [3.05, 3.63) is 0 Å². The molecule has 0 rings (SSSR count). The fraction of sp³-hybridized carbons (Fsp3) is 0.714. The molecule has 0 aromatic rings. The lowest BCUT2D eigenvalue weighted by Crippen LogP contribution is -2.46. The van der Waals surface area contributed by atoms with Crippen molar-refractivity contribution < 1.29 is 34.8 Å². The molecule has 7 heteroatoms. The van der Waals surface area contributed by atoms with Crippen LogP contribution in [0.5, 0.6) is 0 Å². The quantitative estimate of drug-likeness (QED) is 0.286. The first-order valence-electron chi connectivity index (χ1n) is 3.76. The Morgan fingerprint density at radius 2 is 1.50 bits per heavy atom. The van der Waals surface area contributed by atoms with Crippen LogP contribution in [0, 0.1) is 0 Å². The first-order chi connectivity index (χ1) is 6.49.